The minimum absolute atomic E-state index is 0.154. The maximum atomic E-state index is 13.3. The predicted octanol–water partition coefficient (Wildman–Crippen LogP) is 2.43. The molecule has 1 aromatic rings. The van der Waals surface area contributed by atoms with E-state index in [1.165, 1.54) is 12.1 Å². The van der Waals surface area contributed by atoms with E-state index in [1.54, 1.807) is 0 Å². The Balaban J connectivity index is 1.82. The largest absolute Gasteiger partial charge is 0.376 e. The number of benzene rings is 1. The van der Waals surface area contributed by atoms with E-state index in [2.05, 4.69) is 10.6 Å². The van der Waals surface area contributed by atoms with Gasteiger partial charge in [-0.05, 0) is 37.2 Å². The summed E-state index contributed by atoms with van der Waals surface area (Å²) in [6.07, 6.45) is 2.21. The Hall–Kier alpha value is -1.27. The summed E-state index contributed by atoms with van der Waals surface area (Å²) in [5.41, 5.74) is 0.154. The van der Waals surface area contributed by atoms with Crippen molar-refractivity contribution in [3.8, 4) is 0 Å². The summed E-state index contributed by atoms with van der Waals surface area (Å²) >= 11 is 5.02. The number of ether oxygens (including phenoxy) is 1. The zero-order chi connectivity index (χ0) is 13.0. The number of hydrogen-bond donors (Lipinski definition) is 2. The summed E-state index contributed by atoms with van der Waals surface area (Å²) in [6.45, 7) is 1.37. The van der Waals surface area contributed by atoms with E-state index < -0.39 is 11.6 Å². The summed E-state index contributed by atoms with van der Waals surface area (Å²) < 4.78 is 31.5. The van der Waals surface area contributed by atoms with Gasteiger partial charge in [-0.1, -0.05) is 0 Å². The Bertz CT molecular complexity index is 436. The highest BCUT2D eigenvalue weighted by Gasteiger charge is 2.15. The molecule has 98 valence electrons. The van der Waals surface area contributed by atoms with Gasteiger partial charge in [-0.2, -0.15) is 0 Å². The fourth-order valence-electron chi connectivity index (χ4n) is 1.77. The molecule has 3 nitrogen and oxygen atoms in total. The highest BCUT2D eigenvalue weighted by molar-refractivity contribution is 7.80. The zero-order valence-electron chi connectivity index (χ0n) is 9.71. The van der Waals surface area contributed by atoms with Crippen molar-refractivity contribution >= 4 is 23.0 Å². The lowest BCUT2D eigenvalue weighted by molar-refractivity contribution is 0.114. The van der Waals surface area contributed by atoms with Gasteiger partial charge >= 0.3 is 0 Å². The molecule has 1 heterocycles. The van der Waals surface area contributed by atoms with Gasteiger partial charge in [-0.25, -0.2) is 8.78 Å². The molecule has 0 spiro atoms. The van der Waals surface area contributed by atoms with Gasteiger partial charge in [0.1, 0.15) is 11.6 Å². The van der Waals surface area contributed by atoms with Gasteiger partial charge in [0.2, 0.25) is 0 Å². The molecule has 0 unspecified atom stereocenters. The summed E-state index contributed by atoms with van der Waals surface area (Å²) in [6, 6.07) is 3.30. The van der Waals surface area contributed by atoms with E-state index in [9.17, 15) is 8.78 Å². The van der Waals surface area contributed by atoms with Crippen LogP contribution in [0.2, 0.25) is 0 Å². The SMILES string of the molecule is Fc1ccc(NC(=S)NC[C@@H]2CCCO2)c(F)c1. The van der Waals surface area contributed by atoms with Crippen LogP contribution in [-0.4, -0.2) is 24.4 Å². The van der Waals surface area contributed by atoms with Crippen LogP contribution in [0, 0.1) is 11.6 Å². The van der Waals surface area contributed by atoms with Crippen molar-refractivity contribution in [1.29, 1.82) is 0 Å². The number of nitrogens with one attached hydrogen (secondary N) is 2. The van der Waals surface area contributed by atoms with Crippen LogP contribution >= 0.6 is 12.2 Å². The lowest BCUT2D eigenvalue weighted by Crippen LogP contribution is -2.35. The molecule has 1 fully saturated rings. The molecule has 0 aliphatic carbocycles. The average molecular weight is 272 g/mol. The molecule has 0 saturated carbocycles. The quantitative estimate of drug-likeness (QED) is 0.828. The number of thiocarbonyl (C=S) groups is 1. The minimum Gasteiger partial charge on any atom is -0.376 e. The number of rotatable bonds is 3. The monoisotopic (exact) mass is 272 g/mol. The Morgan fingerprint density at radius 2 is 2.28 bits per heavy atom. The zero-order valence-corrected chi connectivity index (χ0v) is 10.5. The lowest BCUT2D eigenvalue weighted by Gasteiger charge is -2.14. The fourth-order valence-corrected chi connectivity index (χ4v) is 1.96. The summed E-state index contributed by atoms with van der Waals surface area (Å²) in [4.78, 5) is 0. The highest BCUT2D eigenvalue weighted by atomic mass is 32.1. The first-order valence-corrected chi connectivity index (χ1v) is 6.17. The van der Waals surface area contributed by atoms with Crippen molar-refractivity contribution in [2.24, 2.45) is 0 Å². The number of anilines is 1. The van der Waals surface area contributed by atoms with Crippen LogP contribution in [0.3, 0.4) is 0 Å². The first-order chi connectivity index (χ1) is 8.65. The van der Waals surface area contributed by atoms with E-state index in [0.717, 1.165) is 25.5 Å². The van der Waals surface area contributed by atoms with Crippen LogP contribution in [0.1, 0.15) is 12.8 Å². The molecule has 18 heavy (non-hydrogen) atoms. The normalized spacial score (nSPS) is 18.7. The third-order valence-corrected chi connectivity index (χ3v) is 2.94. The summed E-state index contributed by atoms with van der Waals surface area (Å²) in [7, 11) is 0. The molecule has 0 bridgehead atoms. The van der Waals surface area contributed by atoms with E-state index in [0.29, 0.717) is 11.7 Å². The first-order valence-electron chi connectivity index (χ1n) is 5.76. The smallest absolute Gasteiger partial charge is 0.170 e. The van der Waals surface area contributed by atoms with Gasteiger partial charge in [-0.15, -0.1) is 0 Å². The second-order valence-electron chi connectivity index (χ2n) is 4.09. The maximum Gasteiger partial charge on any atom is 0.170 e. The Kier molecular flexibility index (Phi) is 4.43. The molecule has 1 aromatic carbocycles. The third-order valence-electron chi connectivity index (χ3n) is 2.69. The molecule has 2 rings (SSSR count). The molecule has 0 radical (unpaired) electrons. The number of halogens is 2. The van der Waals surface area contributed by atoms with Gasteiger partial charge < -0.3 is 15.4 Å². The topological polar surface area (TPSA) is 33.3 Å². The van der Waals surface area contributed by atoms with E-state index in [4.69, 9.17) is 17.0 Å². The Morgan fingerprint density at radius 3 is 2.94 bits per heavy atom. The summed E-state index contributed by atoms with van der Waals surface area (Å²) in [5, 5.41) is 5.94. The predicted molar refractivity (Wildman–Crippen MR) is 69.6 cm³/mol. The van der Waals surface area contributed by atoms with Crippen molar-refractivity contribution in [2.75, 3.05) is 18.5 Å². The van der Waals surface area contributed by atoms with Gasteiger partial charge in [0.15, 0.2) is 5.11 Å². The van der Waals surface area contributed by atoms with Crippen LogP contribution in [-0.2, 0) is 4.74 Å². The standard InChI is InChI=1S/C12H14F2N2OS/c13-8-3-4-11(10(14)6-8)16-12(18)15-7-9-2-1-5-17-9/h3-4,6,9H,1-2,5,7H2,(H2,15,16,18)/t9-/m0/s1. The van der Waals surface area contributed by atoms with Crippen LogP contribution in [0.25, 0.3) is 0 Å². The number of hydrogen-bond acceptors (Lipinski definition) is 2. The van der Waals surface area contributed by atoms with E-state index in [-0.39, 0.29) is 11.8 Å². The van der Waals surface area contributed by atoms with Crippen molar-refractivity contribution in [3.05, 3.63) is 29.8 Å². The van der Waals surface area contributed by atoms with Gasteiger partial charge in [0.05, 0.1) is 11.8 Å². The first kappa shape index (κ1) is 13.2. The lowest BCUT2D eigenvalue weighted by atomic mass is 10.2. The average Bonchev–Trinajstić information content (AvgIpc) is 2.83. The molecular weight excluding hydrogens is 258 g/mol. The second-order valence-corrected chi connectivity index (χ2v) is 4.50. The molecule has 1 atom stereocenters. The molecule has 1 aliphatic heterocycles. The molecule has 6 heteroatoms. The fraction of sp³-hybridized carbons (Fsp3) is 0.417. The van der Waals surface area contributed by atoms with Crippen molar-refractivity contribution in [2.45, 2.75) is 18.9 Å². The highest BCUT2D eigenvalue weighted by Crippen LogP contribution is 2.15. The second kappa shape index (κ2) is 6.06. The van der Waals surface area contributed by atoms with Gasteiger partial charge in [-0.3, -0.25) is 0 Å². The molecule has 0 aromatic heterocycles. The van der Waals surface area contributed by atoms with Crippen LogP contribution < -0.4 is 10.6 Å². The minimum atomic E-state index is -0.670. The van der Waals surface area contributed by atoms with E-state index >= 15 is 0 Å². The van der Waals surface area contributed by atoms with Crippen molar-refractivity contribution in [1.82, 2.24) is 5.32 Å². The molecule has 0 amide bonds. The Labute approximate surface area is 110 Å². The van der Waals surface area contributed by atoms with E-state index in [1.807, 2.05) is 0 Å². The van der Waals surface area contributed by atoms with Gasteiger partial charge in [0.25, 0.3) is 0 Å². The Morgan fingerprint density at radius 1 is 1.44 bits per heavy atom. The molecule has 2 N–H and O–H groups in total. The van der Waals surface area contributed by atoms with Crippen LogP contribution in [0.4, 0.5) is 14.5 Å². The van der Waals surface area contributed by atoms with Crippen LogP contribution in [0.15, 0.2) is 18.2 Å². The van der Waals surface area contributed by atoms with Crippen molar-refractivity contribution < 1.29 is 13.5 Å². The summed E-state index contributed by atoms with van der Waals surface area (Å²) in [5.74, 6) is -1.28. The van der Waals surface area contributed by atoms with Crippen LogP contribution in [0.5, 0.6) is 0 Å². The molecule has 1 aliphatic rings. The molecule has 1 saturated heterocycles. The molecular formula is C12H14F2N2OS. The maximum absolute atomic E-state index is 13.3. The van der Waals surface area contributed by atoms with Gasteiger partial charge in [0, 0.05) is 19.2 Å². The van der Waals surface area contributed by atoms with Crippen molar-refractivity contribution in [3.63, 3.8) is 0 Å². The third kappa shape index (κ3) is 3.61.